The van der Waals surface area contributed by atoms with Gasteiger partial charge >= 0.3 is 0 Å². The lowest BCUT2D eigenvalue weighted by molar-refractivity contribution is 0.0880. The molecule has 4 nitrogen and oxygen atoms in total. The molecule has 0 aliphatic carbocycles. The topological polar surface area (TPSA) is 43.4 Å². The Bertz CT molecular complexity index is 462. The minimum Gasteiger partial charge on any atom is -0.496 e. The van der Waals surface area contributed by atoms with E-state index in [0.717, 1.165) is 42.1 Å². The number of hydrogen-bond donors (Lipinski definition) is 1. The Morgan fingerprint density at radius 2 is 2.26 bits per heavy atom. The standard InChI is InChI=1S/C15H24N2O2/c1-10-8-16-13(11(2)14(10)18-5)9-17-15(4)6-7-19-12(15)3/h8,12,17H,6-7,9H2,1-5H3. The van der Waals surface area contributed by atoms with Crippen LogP contribution in [-0.4, -0.2) is 30.3 Å². The molecule has 1 aliphatic heterocycles. The van der Waals surface area contributed by atoms with Gasteiger partial charge in [0, 0.05) is 36.0 Å². The molecule has 106 valence electrons. The Kier molecular flexibility index (Phi) is 4.11. The number of ether oxygens (including phenoxy) is 2. The van der Waals surface area contributed by atoms with E-state index in [1.54, 1.807) is 7.11 Å². The normalized spacial score (nSPS) is 26.7. The van der Waals surface area contributed by atoms with Crippen molar-refractivity contribution in [1.29, 1.82) is 0 Å². The lowest BCUT2D eigenvalue weighted by Gasteiger charge is -2.29. The molecule has 2 atom stereocenters. The van der Waals surface area contributed by atoms with Crippen molar-refractivity contribution in [3.8, 4) is 5.75 Å². The van der Waals surface area contributed by atoms with Gasteiger partial charge in [0.2, 0.25) is 0 Å². The molecular formula is C15H24N2O2. The maximum absolute atomic E-state index is 5.64. The third kappa shape index (κ3) is 2.74. The molecule has 1 fully saturated rings. The summed E-state index contributed by atoms with van der Waals surface area (Å²) in [4.78, 5) is 4.52. The summed E-state index contributed by atoms with van der Waals surface area (Å²) in [6.45, 7) is 9.99. The van der Waals surface area contributed by atoms with E-state index in [0.29, 0.717) is 0 Å². The summed E-state index contributed by atoms with van der Waals surface area (Å²) in [5, 5.41) is 3.59. The molecule has 2 rings (SSSR count). The fourth-order valence-corrected chi connectivity index (χ4v) is 2.60. The fraction of sp³-hybridized carbons (Fsp3) is 0.667. The zero-order chi connectivity index (χ0) is 14.0. The Balaban J connectivity index is 2.12. The largest absolute Gasteiger partial charge is 0.496 e. The third-order valence-corrected chi connectivity index (χ3v) is 4.30. The number of rotatable bonds is 4. The van der Waals surface area contributed by atoms with Gasteiger partial charge in [-0.05, 0) is 34.1 Å². The number of hydrogen-bond acceptors (Lipinski definition) is 4. The van der Waals surface area contributed by atoms with Crippen LogP contribution in [0.1, 0.15) is 37.1 Å². The Labute approximate surface area is 115 Å². The van der Waals surface area contributed by atoms with Crippen LogP contribution in [0.2, 0.25) is 0 Å². The van der Waals surface area contributed by atoms with Crippen LogP contribution >= 0.6 is 0 Å². The number of pyridine rings is 1. The first-order chi connectivity index (χ1) is 8.98. The molecule has 1 aromatic rings. The van der Waals surface area contributed by atoms with Crippen molar-refractivity contribution in [2.24, 2.45) is 0 Å². The summed E-state index contributed by atoms with van der Waals surface area (Å²) in [7, 11) is 1.71. The summed E-state index contributed by atoms with van der Waals surface area (Å²) >= 11 is 0. The molecule has 1 aromatic heterocycles. The van der Waals surface area contributed by atoms with E-state index in [1.807, 2.05) is 13.1 Å². The zero-order valence-electron chi connectivity index (χ0n) is 12.5. The van der Waals surface area contributed by atoms with Crippen LogP contribution in [0, 0.1) is 13.8 Å². The van der Waals surface area contributed by atoms with Gasteiger partial charge < -0.3 is 14.8 Å². The van der Waals surface area contributed by atoms with E-state index in [2.05, 4.69) is 31.1 Å². The van der Waals surface area contributed by atoms with Crippen LogP contribution in [0.3, 0.4) is 0 Å². The molecule has 2 unspecified atom stereocenters. The predicted molar refractivity (Wildman–Crippen MR) is 75.5 cm³/mol. The second-order valence-electron chi connectivity index (χ2n) is 5.58. The molecule has 1 aliphatic rings. The molecule has 0 amide bonds. The summed E-state index contributed by atoms with van der Waals surface area (Å²) < 4.78 is 11.1. The first kappa shape index (κ1) is 14.3. The molecule has 0 radical (unpaired) electrons. The summed E-state index contributed by atoms with van der Waals surface area (Å²) in [5.41, 5.74) is 3.27. The number of aromatic nitrogens is 1. The third-order valence-electron chi connectivity index (χ3n) is 4.30. The highest BCUT2D eigenvalue weighted by atomic mass is 16.5. The highest BCUT2D eigenvalue weighted by Gasteiger charge is 2.36. The van der Waals surface area contributed by atoms with E-state index < -0.39 is 0 Å². The van der Waals surface area contributed by atoms with Gasteiger partial charge in [-0.15, -0.1) is 0 Å². The van der Waals surface area contributed by atoms with Gasteiger partial charge in [-0.1, -0.05) is 0 Å². The lowest BCUT2D eigenvalue weighted by Crippen LogP contribution is -2.47. The van der Waals surface area contributed by atoms with Crippen LogP contribution < -0.4 is 10.1 Å². The molecule has 19 heavy (non-hydrogen) atoms. The fourth-order valence-electron chi connectivity index (χ4n) is 2.60. The van der Waals surface area contributed by atoms with Gasteiger partial charge in [0.15, 0.2) is 0 Å². The van der Waals surface area contributed by atoms with Crippen LogP contribution in [0.25, 0.3) is 0 Å². The summed E-state index contributed by atoms with van der Waals surface area (Å²) in [5.74, 6) is 0.938. The quantitative estimate of drug-likeness (QED) is 0.906. The van der Waals surface area contributed by atoms with E-state index in [-0.39, 0.29) is 11.6 Å². The van der Waals surface area contributed by atoms with Gasteiger partial charge in [0.25, 0.3) is 0 Å². The zero-order valence-corrected chi connectivity index (χ0v) is 12.5. The maximum Gasteiger partial charge on any atom is 0.128 e. The number of nitrogens with zero attached hydrogens (tertiary/aromatic N) is 1. The summed E-state index contributed by atoms with van der Waals surface area (Å²) in [6.07, 6.45) is 3.15. The molecule has 0 saturated carbocycles. The van der Waals surface area contributed by atoms with Crippen molar-refractivity contribution in [3.63, 3.8) is 0 Å². The summed E-state index contributed by atoms with van der Waals surface area (Å²) in [6, 6.07) is 0. The number of methoxy groups -OCH3 is 1. The molecule has 2 heterocycles. The monoisotopic (exact) mass is 264 g/mol. The van der Waals surface area contributed by atoms with Crippen molar-refractivity contribution >= 4 is 0 Å². The van der Waals surface area contributed by atoms with E-state index in [9.17, 15) is 0 Å². The molecule has 4 heteroatoms. The van der Waals surface area contributed by atoms with E-state index >= 15 is 0 Å². The van der Waals surface area contributed by atoms with Crippen molar-refractivity contribution in [2.75, 3.05) is 13.7 Å². The van der Waals surface area contributed by atoms with E-state index in [4.69, 9.17) is 9.47 Å². The van der Waals surface area contributed by atoms with Crippen LogP contribution in [0.5, 0.6) is 5.75 Å². The SMILES string of the molecule is COc1c(C)cnc(CNC2(C)CCOC2C)c1C. The molecular weight excluding hydrogens is 240 g/mol. The Morgan fingerprint density at radius 3 is 2.84 bits per heavy atom. The Hall–Kier alpha value is -1.13. The molecule has 0 aromatic carbocycles. The number of nitrogens with one attached hydrogen (secondary N) is 1. The predicted octanol–water partition coefficient (Wildman–Crippen LogP) is 2.36. The Morgan fingerprint density at radius 1 is 1.53 bits per heavy atom. The smallest absolute Gasteiger partial charge is 0.128 e. The average Bonchev–Trinajstić information content (AvgIpc) is 2.70. The second-order valence-corrected chi connectivity index (χ2v) is 5.58. The molecule has 1 saturated heterocycles. The van der Waals surface area contributed by atoms with Crippen LogP contribution in [0.4, 0.5) is 0 Å². The first-order valence-corrected chi connectivity index (χ1v) is 6.83. The van der Waals surface area contributed by atoms with Crippen molar-refractivity contribution in [1.82, 2.24) is 10.3 Å². The van der Waals surface area contributed by atoms with E-state index in [1.165, 1.54) is 0 Å². The van der Waals surface area contributed by atoms with Crippen LogP contribution in [0.15, 0.2) is 6.20 Å². The van der Waals surface area contributed by atoms with Gasteiger partial charge in [-0.25, -0.2) is 0 Å². The maximum atomic E-state index is 5.64. The first-order valence-electron chi connectivity index (χ1n) is 6.83. The van der Waals surface area contributed by atoms with Gasteiger partial charge in [-0.2, -0.15) is 0 Å². The highest BCUT2D eigenvalue weighted by molar-refractivity contribution is 5.41. The van der Waals surface area contributed by atoms with Crippen molar-refractivity contribution < 1.29 is 9.47 Å². The minimum absolute atomic E-state index is 0.0340. The van der Waals surface area contributed by atoms with Crippen molar-refractivity contribution in [3.05, 3.63) is 23.0 Å². The van der Waals surface area contributed by atoms with Gasteiger partial charge in [0.05, 0.1) is 18.9 Å². The highest BCUT2D eigenvalue weighted by Crippen LogP contribution is 2.27. The van der Waals surface area contributed by atoms with Gasteiger partial charge in [-0.3, -0.25) is 4.98 Å². The van der Waals surface area contributed by atoms with Crippen molar-refractivity contribution in [2.45, 2.75) is 52.3 Å². The average molecular weight is 264 g/mol. The number of aryl methyl sites for hydroxylation is 1. The molecule has 0 bridgehead atoms. The molecule has 1 N–H and O–H groups in total. The lowest BCUT2D eigenvalue weighted by atomic mass is 9.94. The van der Waals surface area contributed by atoms with Crippen LogP contribution in [-0.2, 0) is 11.3 Å². The molecule has 0 spiro atoms. The van der Waals surface area contributed by atoms with Gasteiger partial charge in [0.1, 0.15) is 5.75 Å². The second kappa shape index (κ2) is 5.47. The minimum atomic E-state index is 0.0340.